The predicted molar refractivity (Wildman–Crippen MR) is 34.1 cm³/mol. The first-order valence-electron chi connectivity index (χ1n) is 2.14. The lowest BCUT2D eigenvalue weighted by atomic mass is 10.6. The molecule has 0 aliphatic heterocycles. The van der Waals surface area contributed by atoms with Crippen molar-refractivity contribution in [3.8, 4) is 0 Å². The van der Waals surface area contributed by atoms with Crippen molar-refractivity contribution in [2.45, 2.75) is 12.4 Å². The molecular weight excluding hydrogens is 129 g/mol. The van der Waals surface area contributed by atoms with E-state index in [0.717, 1.165) is 6.21 Å². The number of alkyl halides is 1. The Morgan fingerprint density at radius 2 is 2.50 bits per heavy atom. The molecule has 0 aliphatic carbocycles. The number of allylic oxidation sites excluding steroid dienone is 1. The Morgan fingerprint density at radius 1 is 2.00 bits per heavy atom. The maximum Gasteiger partial charge on any atom is 0.133 e. The molecule has 0 rings (SSSR count). The molecule has 0 amide bonds. The zero-order valence-electron chi connectivity index (χ0n) is 4.56. The van der Waals surface area contributed by atoms with Crippen molar-refractivity contribution in [2.75, 3.05) is 0 Å². The molecule has 0 aliphatic rings. The molecule has 1 unspecified atom stereocenters. The summed E-state index contributed by atoms with van der Waals surface area (Å²) in [5.41, 5.74) is -0.373. The monoisotopic (exact) mass is 135 g/mol. The van der Waals surface area contributed by atoms with Crippen LogP contribution in [0.25, 0.3) is 0 Å². The Morgan fingerprint density at radius 3 is 2.62 bits per heavy atom. The summed E-state index contributed by atoms with van der Waals surface area (Å²) in [6.07, 6.45) is 0.998. The second-order valence-electron chi connectivity index (χ2n) is 1.30. The number of halogens is 2. The molecule has 1 nitrogen and oxygen atoms in total. The summed E-state index contributed by atoms with van der Waals surface area (Å²) in [5.74, 6) is -0.572. The van der Waals surface area contributed by atoms with Crippen LogP contribution in [-0.2, 0) is 0 Å². The van der Waals surface area contributed by atoms with Gasteiger partial charge < -0.3 is 0 Å². The van der Waals surface area contributed by atoms with Crippen molar-refractivity contribution in [3.05, 3.63) is 12.4 Å². The van der Waals surface area contributed by atoms with E-state index in [4.69, 9.17) is 11.6 Å². The van der Waals surface area contributed by atoms with Crippen LogP contribution < -0.4 is 0 Å². The summed E-state index contributed by atoms with van der Waals surface area (Å²) < 4.78 is 11.7. The Hall–Kier alpha value is -0.370. The molecule has 3 heteroatoms. The van der Waals surface area contributed by atoms with E-state index in [1.807, 2.05) is 0 Å². The van der Waals surface area contributed by atoms with Gasteiger partial charge in [-0.25, -0.2) is 4.39 Å². The molecule has 0 fully saturated rings. The third-order valence-electron chi connectivity index (χ3n) is 0.420. The smallest absolute Gasteiger partial charge is 0.133 e. The summed E-state index contributed by atoms with van der Waals surface area (Å²) in [6, 6.07) is 0. The molecule has 0 radical (unpaired) electrons. The van der Waals surface area contributed by atoms with E-state index < -0.39 is 5.83 Å². The SMILES string of the molecule is C=C(F)C=NC(C)Cl. The van der Waals surface area contributed by atoms with Crippen molar-refractivity contribution < 1.29 is 4.39 Å². The van der Waals surface area contributed by atoms with Crippen LogP contribution in [0.4, 0.5) is 4.39 Å². The molecule has 0 aromatic rings. The zero-order chi connectivity index (χ0) is 6.57. The van der Waals surface area contributed by atoms with Crippen LogP contribution in [0.15, 0.2) is 17.4 Å². The molecule has 0 heterocycles. The summed E-state index contributed by atoms with van der Waals surface area (Å²) in [4.78, 5) is 3.49. The van der Waals surface area contributed by atoms with Gasteiger partial charge in [0.25, 0.3) is 0 Å². The van der Waals surface area contributed by atoms with Crippen molar-refractivity contribution in [2.24, 2.45) is 4.99 Å². The highest BCUT2D eigenvalue weighted by Crippen LogP contribution is 1.94. The van der Waals surface area contributed by atoms with Crippen LogP contribution in [0.5, 0.6) is 0 Å². The molecule has 0 aromatic heterocycles. The Kier molecular flexibility index (Phi) is 3.44. The van der Waals surface area contributed by atoms with Gasteiger partial charge in [0, 0.05) is 0 Å². The van der Waals surface area contributed by atoms with E-state index in [9.17, 15) is 4.39 Å². The Balaban J connectivity index is 3.50. The van der Waals surface area contributed by atoms with Crippen molar-refractivity contribution in [1.29, 1.82) is 0 Å². The fourth-order valence-electron chi connectivity index (χ4n) is 0.184. The second-order valence-corrected chi connectivity index (χ2v) is 1.93. The number of hydrogen-bond acceptors (Lipinski definition) is 1. The quantitative estimate of drug-likeness (QED) is 0.313. The van der Waals surface area contributed by atoms with Crippen molar-refractivity contribution in [1.82, 2.24) is 0 Å². The van der Waals surface area contributed by atoms with Crippen LogP contribution in [-0.4, -0.2) is 11.7 Å². The van der Waals surface area contributed by atoms with Gasteiger partial charge in [-0.2, -0.15) is 0 Å². The highest BCUT2D eigenvalue weighted by Gasteiger charge is 1.85. The minimum atomic E-state index is -0.572. The molecule has 0 saturated carbocycles. The molecule has 1 atom stereocenters. The van der Waals surface area contributed by atoms with E-state index in [0.29, 0.717) is 0 Å². The number of rotatable bonds is 2. The molecule has 0 saturated heterocycles. The zero-order valence-corrected chi connectivity index (χ0v) is 5.32. The van der Waals surface area contributed by atoms with Gasteiger partial charge in [0.05, 0.1) is 6.21 Å². The van der Waals surface area contributed by atoms with Crippen LogP contribution in [0.1, 0.15) is 6.92 Å². The summed E-state index contributed by atoms with van der Waals surface area (Å²) in [7, 11) is 0. The Bertz CT molecular complexity index is 109. The number of hydrogen-bond donors (Lipinski definition) is 0. The summed E-state index contributed by atoms with van der Waals surface area (Å²) >= 11 is 5.32. The van der Waals surface area contributed by atoms with E-state index in [-0.39, 0.29) is 5.50 Å². The molecule has 46 valence electrons. The van der Waals surface area contributed by atoms with Gasteiger partial charge in [0.2, 0.25) is 0 Å². The third-order valence-corrected chi connectivity index (χ3v) is 0.533. The van der Waals surface area contributed by atoms with Crippen LogP contribution in [0, 0.1) is 0 Å². The lowest BCUT2D eigenvalue weighted by molar-refractivity contribution is 0.689. The molecular formula is C5H7ClFN. The average Bonchev–Trinajstić information content (AvgIpc) is 1.61. The van der Waals surface area contributed by atoms with Gasteiger partial charge in [-0.05, 0) is 6.92 Å². The highest BCUT2D eigenvalue weighted by atomic mass is 35.5. The van der Waals surface area contributed by atoms with Gasteiger partial charge in [0.15, 0.2) is 0 Å². The second kappa shape index (κ2) is 3.61. The van der Waals surface area contributed by atoms with Gasteiger partial charge >= 0.3 is 0 Å². The first-order valence-corrected chi connectivity index (χ1v) is 2.58. The molecule has 0 spiro atoms. The fraction of sp³-hybridized carbons (Fsp3) is 0.400. The minimum Gasteiger partial charge on any atom is -0.271 e. The summed E-state index contributed by atoms with van der Waals surface area (Å²) in [5, 5.41) is 0. The largest absolute Gasteiger partial charge is 0.271 e. The van der Waals surface area contributed by atoms with E-state index in [1.54, 1.807) is 6.92 Å². The molecule has 8 heavy (non-hydrogen) atoms. The standard InChI is InChI=1S/C5H7ClFN/c1-4(7)3-8-5(2)6/h3,5H,1H2,2H3. The van der Waals surface area contributed by atoms with E-state index in [1.165, 1.54) is 0 Å². The maximum absolute atomic E-state index is 11.7. The first kappa shape index (κ1) is 7.63. The van der Waals surface area contributed by atoms with Gasteiger partial charge in [-0.15, -0.1) is 0 Å². The van der Waals surface area contributed by atoms with E-state index >= 15 is 0 Å². The molecule has 0 bridgehead atoms. The topological polar surface area (TPSA) is 12.4 Å². The van der Waals surface area contributed by atoms with Gasteiger partial charge in [0.1, 0.15) is 11.3 Å². The summed E-state index contributed by atoms with van der Waals surface area (Å²) in [6.45, 7) is 4.59. The van der Waals surface area contributed by atoms with Gasteiger partial charge in [-0.3, -0.25) is 4.99 Å². The lowest BCUT2D eigenvalue weighted by Gasteiger charge is -1.87. The fourth-order valence-corrected chi connectivity index (χ4v) is 0.240. The normalized spacial score (nSPS) is 14.4. The van der Waals surface area contributed by atoms with Crippen molar-refractivity contribution in [3.63, 3.8) is 0 Å². The Labute approximate surface area is 52.9 Å². The van der Waals surface area contributed by atoms with Crippen molar-refractivity contribution >= 4 is 17.8 Å². The maximum atomic E-state index is 11.7. The molecule has 0 aromatic carbocycles. The number of aliphatic imine (C=N–C) groups is 1. The lowest BCUT2D eigenvalue weighted by Crippen LogP contribution is -1.83. The predicted octanol–water partition coefficient (Wildman–Crippen LogP) is 2.13. The first-order chi connectivity index (χ1) is 3.63. The van der Waals surface area contributed by atoms with Crippen LogP contribution >= 0.6 is 11.6 Å². The minimum absolute atomic E-state index is 0.373. The van der Waals surface area contributed by atoms with E-state index in [2.05, 4.69) is 11.6 Å². The highest BCUT2D eigenvalue weighted by molar-refractivity contribution is 6.20. The number of nitrogens with zero attached hydrogens (tertiary/aromatic N) is 1. The van der Waals surface area contributed by atoms with Crippen LogP contribution in [0.2, 0.25) is 0 Å². The molecule has 0 N–H and O–H groups in total. The third kappa shape index (κ3) is 5.63. The van der Waals surface area contributed by atoms with Gasteiger partial charge in [-0.1, -0.05) is 18.2 Å². The average molecular weight is 136 g/mol. The van der Waals surface area contributed by atoms with Crippen LogP contribution in [0.3, 0.4) is 0 Å².